The number of amides is 1. The number of halogens is 1. The summed E-state index contributed by atoms with van der Waals surface area (Å²) >= 11 is 5.82. The molecule has 0 aromatic heterocycles. The number of nitrogens with one attached hydrogen (secondary N) is 1. The molecule has 0 atom stereocenters. The predicted molar refractivity (Wildman–Crippen MR) is 104 cm³/mol. The van der Waals surface area contributed by atoms with Gasteiger partial charge in [-0.1, -0.05) is 48.9 Å². The van der Waals surface area contributed by atoms with E-state index in [4.69, 9.17) is 11.6 Å². The number of carbonyl (C=O) groups excluding carboxylic acids is 1. The highest BCUT2D eigenvalue weighted by Gasteiger charge is 2.15. The summed E-state index contributed by atoms with van der Waals surface area (Å²) in [4.78, 5) is 13.9. The first-order valence-electron chi connectivity index (χ1n) is 8.39. The molecule has 0 saturated carbocycles. The predicted octanol–water partition coefficient (Wildman–Crippen LogP) is 3.23. The van der Waals surface area contributed by atoms with Crippen molar-refractivity contribution in [2.75, 3.05) is 13.6 Å². The molecule has 0 heterocycles. The summed E-state index contributed by atoms with van der Waals surface area (Å²) in [6.07, 6.45) is 1.06. The van der Waals surface area contributed by atoms with Crippen LogP contribution in [0.25, 0.3) is 0 Å². The number of benzene rings is 2. The molecule has 0 aliphatic rings. The van der Waals surface area contributed by atoms with Crippen molar-refractivity contribution in [3.63, 3.8) is 0 Å². The summed E-state index contributed by atoms with van der Waals surface area (Å²) in [5, 5.41) is 0.345. The third-order valence-electron chi connectivity index (χ3n) is 4.01. The van der Waals surface area contributed by atoms with E-state index in [-0.39, 0.29) is 23.8 Å². The van der Waals surface area contributed by atoms with E-state index >= 15 is 0 Å². The Morgan fingerprint density at radius 2 is 1.77 bits per heavy atom. The first-order chi connectivity index (χ1) is 12.3. The van der Waals surface area contributed by atoms with E-state index in [1.165, 1.54) is 17.7 Å². The zero-order valence-electron chi connectivity index (χ0n) is 14.9. The van der Waals surface area contributed by atoms with Gasteiger partial charge in [0.25, 0.3) is 0 Å². The third-order valence-corrected chi connectivity index (χ3v) is 5.71. The van der Waals surface area contributed by atoms with Crippen molar-refractivity contribution < 1.29 is 13.2 Å². The first kappa shape index (κ1) is 20.4. The highest BCUT2D eigenvalue weighted by atomic mass is 35.5. The number of carbonyl (C=O) groups is 1. The maximum atomic E-state index is 12.2. The molecule has 1 N–H and O–H groups in total. The monoisotopic (exact) mass is 394 g/mol. The van der Waals surface area contributed by atoms with Gasteiger partial charge in [-0.2, -0.15) is 0 Å². The largest absolute Gasteiger partial charge is 0.341 e. The van der Waals surface area contributed by atoms with Gasteiger partial charge in [0, 0.05) is 31.6 Å². The van der Waals surface area contributed by atoms with Crippen LogP contribution in [0.1, 0.15) is 24.5 Å². The quantitative estimate of drug-likeness (QED) is 0.747. The van der Waals surface area contributed by atoms with Gasteiger partial charge >= 0.3 is 0 Å². The summed E-state index contributed by atoms with van der Waals surface area (Å²) in [5.74, 6) is -0.127. The van der Waals surface area contributed by atoms with Crippen molar-refractivity contribution in [3.05, 3.63) is 64.7 Å². The molecule has 0 unspecified atom stereocenters. The first-order valence-corrected chi connectivity index (χ1v) is 10.2. The fourth-order valence-corrected chi connectivity index (χ4v) is 3.78. The maximum absolute atomic E-state index is 12.2. The van der Waals surface area contributed by atoms with Gasteiger partial charge in [0.05, 0.1) is 4.90 Å². The minimum atomic E-state index is -3.68. The normalized spacial score (nSPS) is 11.3. The van der Waals surface area contributed by atoms with E-state index in [0.717, 1.165) is 12.0 Å². The molecule has 2 aromatic carbocycles. The van der Waals surface area contributed by atoms with Gasteiger partial charge in [0.2, 0.25) is 15.9 Å². The summed E-state index contributed by atoms with van der Waals surface area (Å²) in [7, 11) is -1.97. The topological polar surface area (TPSA) is 66.5 Å². The van der Waals surface area contributed by atoms with Crippen molar-refractivity contribution in [2.24, 2.45) is 0 Å². The Kier molecular flexibility index (Phi) is 7.20. The Morgan fingerprint density at radius 1 is 1.12 bits per heavy atom. The molecule has 2 rings (SSSR count). The van der Waals surface area contributed by atoms with Crippen molar-refractivity contribution in [3.8, 4) is 0 Å². The van der Waals surface area contributed by atoms with Gasteiger partial charge in [-0.25, -0.2) is 13.1 Å². The van der Waals surface area contributed by atoms with Crippen LogP contribution in [-0.4, -0.2) is 32.8 Å². The van der Waals surface area contributed by atoms with E-state index < -0.39 is 10.0 Å². The van der Waals surface area contributed by atoms with Crippen LogP contribution in [0, 0.1) is 0 Å². The van der Waals surface area contributed by atoms with E-state index in [1.54, 1.807) is 24.1 Å². The Bertz CT molecular complexity index is 851. The molecule has 140 valence electrons. The average molecular weight is 395 g/mol. The smallest absolute Gasteiger partial charge is 0.240 e. The minimum Gasteiger partial charge on any atom is -0.341 e. The van der Waals surface area contributed by atoms with Gasteiger partial charge in [0.15, 0.2) is 0 Å². The standard InChI is InChI=1S/C19H23ClN2O3S/c1-3-15-7-9-16(10-8-15)14-22(2)19(23)11-12-21-26(24,25)18-6-4-5-17(20)13-18/h4-10,13,21H,3,11-12,14H2,1-2H3. The lowest BCUT2D eigenvalue weighted by Gasteiger charge is -2.17. The molecular weight excluding hydrogens is 372 g/mol. The van der Waals surface area contributed by atoms with Crippen LogP contribution in [0.3, 0.4) is 0 Å². The lowest BCUT2D eigenvalue weighted by atomic mass is 10.1. The molecule has 1 amide bonds. The number of sulfonamides is 1. The second-order valence-corrected chi connectivity index (χ2v) is 8.23. The molecule has 0 aliphatic carbocycles. The van der Waals surface area contributed by atoms with Crippen LogP contribution in [0.5, 0.6) is 0 Å². The maximum Gasteiger partial charge on any atom is 0.240 e. The van der Waals surface area contributed by atoms with Crippen LogP contribution in [-0.2, 0) is 27.8 Å². The zero-order chi connectivity index (χ0) is 19.2. The fourth-order valence-electron chi connectivity index (χ4n) is 2.44. The van der Waals surface area contributed by atoms with Gasteiger partial charge in [-0.05, 0) is 35.7 Å². The van der Waals surface area contributed by atoms with E-state index in [0.29, 0.717) is 11.6 Å². The van der Waals surface area contributed by atoms with Crippen LogP contribution >= 0.6 is 11.6 Å². The lowest BCUT2D eigenvalue weighted by molar-refractivity contribution is -0.130. The molecule has 0 saturated heterocycles. The lowest BCUT2D eigenvalue weighted by Crippen LogP contribution is -2.31. The van der Waals surface area contributed by atoms with Gasteiger partial charge in [-0.3, -0.25) is 4.79 Å². The number of rotatable bonds is 8. The SMILES string of the molecule is CCc1ccc(CN(C)C(=O)CCNS(=O)(=O)c2cccc(Cl)c2)cc1. The Hall–Kier alpha value is -1.89. The molecule has 0 radical (unpaired) electrons. The van der Waals surface area contributed by atoms with E-state index in [1.807, 2.05) is 24.3 Å². The minimum absolute atomic E-state index is 0.0345. The van der Waals surface area contributed by atoms with Gasteiger partial charge < -0.3 is 4.90 Å². The molecular formula is C19H23ClN2O3S. The molecule has 0 aliphatic heterocycles. The highest BCUT2D eigenvalue weighted by Crippen LogP contribution is 2.15. The molecule has 0 spiro atoms. The Balaban J connectivity index is 1.85. The summed E-state index contributed by atoms with van der Waals surface area (Å²) < 4.78 is 26.8. The summed E-state index contributed by atoms with van der Waals surface area (Å²) in [6.45, 7) is 2.62. The molecule has 0 bridgehead atoms. The third kappa shape index (κ3) is 5.83. The molecule has 7 heteroatoms. The van der Waals surface area contributed by atoms with Crippen molar-refractivity contribution >= 4 is 27.5 Å². The zero-order valence-corrected chi connectivity index (χ0v) is 16.5. The van der Waals surface area contributed by atoms with Crippen molar-refractivity contribution in [1.29, 1.82) is 0 Å². The Labute approximate surface area is 160 Å². The van der Waals surface area contributed by atoms with E-state index in [9.17, 15) is 13.2 Å². The second kappa shape index (κ2) is 9.16. The van der Waals surface area contributed by atoms with Crippen LogP contribution in [0.15, 0.2) is 53.4 Å². The number of hydrogen-bond donors (Lipinski definition) is 1. The van der Waals surface area contributed by atoms with Gasteiger partial charge in [-0.15, -0.1) is 0 Å². The Morgan fingerprint density at radius 3 is 2.38 bits per heavy atom. The van der Waals surface area contributed by atoms with Crippen LogP contribution in [0.2, 0.25) is 5.02 Å². The fraction of sp³-hybridized carbons (Fsp3) is 0.316. The number of aryl methyl sites for hydroxylation is 1. The second-order valence-electron chi connectivity index (χ2n) is 6.02. The summed E-state index contributed by atoms with van der Waals surface area (Å²) in [6, 6.07) is 14.1. The highest BCUT2D eigenvalue weighted by molar-refractivity contribution is 7.89. The van der Waals surface area contributed by atoms with Crippen molar-refractivity contribution in [1.82, 2.24) is 9.62 Å². The van der Waals surface area contributed by atoms with Gasteiger partial charge in [0.1, 0.15) is 0 Å². The average Bonchev–Trinajstić information content (AvgIpc) is 2.62. The molecule has 2 aromatic rings. The number of nitrogens with zero attached hydrogens (tertiary/aromatic N) is 1. The van der Waals surface area contributed by atoms with Crippen LogP contribution < -0.4 is 4.72 Å². The summed E-state index contributed by atoms with van der Waals surface area (Å²) in [5.41, 5.74) is 2.29. The molecule has 5 nitrogen and oxygen atoms in total. The number of hydrogen-bond acceptors (Lipinski definition) is 3. The van der Waals surface area contributed by atoms with E-state index in [2.05, 4.69) is 11.6 Å². The van der Waals surface area contributed by atoms with Crippen molar-refractivity contribution in [2.45, 2.75) is 31.2 Å². The molecule has 0 fully saturated rings. The molecule has 26 heavy (non-hydrogen) atoms. The van der Waals surface area contributed by atoms with Crippen LogP contribution in [0.4, 0.5) is 0 Å².